The molecule has 1 amide bonds. The lowest BCUT2D eigenvalue weighted by molar-refractivity contribution is -0.140. The average Bonchev–Trinajstić information content (AvgIpc) is 3.09. The number of aliphatic hydroxyl groups excluding tert-OH is 1. The van der Waals surface area contributed by atoms with E-state index in [1.54, 1.807) is 24.5 Å². The van der Waals surface area contributed by atoms with E-state index in [1.165, 1.54) is 24.1 Å². The lowest BCUT2D eigenvalue weighted by atomic mass is 9.93. The number of aromatic nitrogens is 1. The zero-order valence-electron chi connectivity index (χ0n) is 19.2. The Morgan fingerprint density at radius 2 is 1.76 bits per heavy atom. The van der Waals surface area contributed by atoms with Gasteiger partial charge < -0.3 is 14.7 Å². The van der Waals surface area contributed by atoms with Crippen molar-refractivity contribution in [1.29, 1.82) is 0 Å². The molecule has 3 aromatic rings. The van der Waals surface area contributed by atoms with Gasteiger partial charge in [0.1, 0.15) is 5.76 Å². The monoisotopic (exact) mass is 460 g/mol. The van der Waals surface area contributed by atoms with Crippen LogP contribution in [0.1, 0.15) is 48.1 Å². The quantitative estimate of drug-likeness (QED) is 0.319. The Labute approximate surface area is 197 Å². The molecule has 6 nitrogen and oxygen atoms in total. The third-order valence-corrected chi connectivity index (χ3v) is 5.99. The van der Waals surface area contributed by atoms with Crippen LogP contribution >= 0.6 is 0 Å². The molecule has 174 valence electrons. The number of benzene rings is 2. The summed E-state index contributed by atoms with van der Waals surface area (Å²) in [5.74, 6) is -2.36. The summed E-state index contributed by atoms with van der Waals surface area (Å²) in [5, 5.41) is 11.1. The summed E-state index contributed by atoms with van der Waals surface area (Å²) in [4.78, 5) is 31.7. The van der Waals surface area contributed by atoms with Crippen molar-refractivity contribution < 1.29 is 23.8 Å². The van der Waals surface area contributed by atoms with Crippen LogP contribution in [0.2, 0.25) is 0 Å². The fourth-order valence-corrected chi connectivity index (χ4v) is 4.11. The minimum atomic E-state index is -0.834. The molecule has 7 heteroatoms. The molecule has 1 aliphatic rings. The van der Waals surface area contributed by atoms with Gasteiger partial charge in [-0.05, 0) is 52.9 Å². The van der Waals surface area contributed by atoms with Gasteiger partial charge in [-0.25, -0.2) is 4.39 Å². The maximum atomic E-state index is 14.3. The summed E-state index contributed by atoms with van der Waals surface area (Å²) in [7, 11) is 1.34. The molecule has 1 saturated heterocycles. The van der Waals surface area contributed by atoms with Gasteiger partial charge in [-0.3, -0.25) is 14.6 Å². The lowest BCUT2D eigenvalue weighted by Crippen LogP contribution is -2.29. The third-order valence-electron chi connectivity index (χ3n) is 5.99. The first-order valence-corrected chi connectivity index (χ1v) is 10.9. The molecule has 0 aliphatic carbocycles. The molecule has 1 N–H and O–H groups in total. The minimum Gasteiger partial charge on any atom is -0.507 e. The first-order valence-electron chi connectivity index (χ1n) is 10.9. The molecule has 0 spiro atoms. The van der Waals surface area contributed by atoms with Gasteiger partial charge in [0, 0.05) is 24.5 Å². The topological polar surface area (TPSA) is 79.7 Å². The van der Waals surface area contributed by atoms with Gasteiger partial charge in [-0.1, -0.05) is 38.1 Å². The maximum absolute atomic E-state index is 14.3. The minimum absolute atomic E-state index is 0.00973. The Morgan fingerprint density at radius 1 is 1.09 bits per heavy atom. The summed E-state index contributed by atoms with van der Waals surface area (Å²) in [6.07, 6.45) is 3.22. The second kappa shape index (κ2) is 9.47. The Hall–Kier alpha value is -4.00. The van der Waals surface area contributed by atoms with E-state index >= 15 is 0 Å². The molecular formula is C27H25FN2O4. The zero-order chi connectivity index (χ0) is 24.4. The van der Waals surface area contributed by atoms with Gasteiger partial charge in [-0.15, -0.1) is 0 Å². The van der Waals surface area contributed by atoms with Gasteiger partial charge in [0.2, 0.25) is 0 Å². The van der Waals surface area contributed by atoms with E-state index in [0.29, 0.717) is 11.5 Å². The van der Waals surface area contributed by atoms with Gasteiger partial charge in [0.05, 0.1) is 18.7 Å². The highest BCUT2D eigenvalue weighted by Crippen LogP contribution is 2.41. The predicted molar refractivity (Wildman–Crippen MR) is 126 cm³/mol. The maximum Gasteiger partial charge on any atom is 0.295 e. The van der Waals surface area contributed by atoms with Crippen LogP contribution in [0.4, 0.5) is 4.39 Å². The van der Waals surface area contributed by atoms with Crippen LogP contribution < -0.4 is 4.74 Å². The number of amides is 1. The number of aliphatic hydroxyl groups is 1. The Balaban J connectivity index is 1.85. The number of rotatable bonds is 6. The van der Waals surface area contributed by atoms with Crippen molar-refractivity contribution in [2.24, 2.45) is 0 Å². The van der Waals surface area contributed by atoms with E-state index < -0.39 is 29.3 Å². The van der Waals surface area contributed by atoms with Crippen molar-refractivity contribution in [3.05, 3.63) is 101 Å². The molecule has 2 aromatic carbocycles. The number of hydrogen-bond donors (Lipinski definition) is 1. The first-order chi connectivity index (χ1) is 16.3. The van der Waals surface area contributed by atoms with E-state index in [2.05, 4.69) is 18.8 Å². The fourth-order valence-electron chi connectivity index (χ4n) is 4.11. The smallest absolute Gasteiger partial charge is 0.295 e. The number of Topliss-reactive ketones (excluding diaryl/α,β-unsaturated/α-hetero) is 1. The van der Waals surface area contributed by atoms with Crippen LogP contribution in [0.3, 0.4) is 0 Å². The molecule has 0 bridgehead atoms. The van der Waals surface area contributed by atoms with Crippen molar-refractivity contribution >= 4 is 17.4 Å². The van der Waals surface area contributed by atoms with Crippen LogP contribution in [0, 0.1) is 5.82 Å². The number of carbonyl (C=O) groups is 2. The molecular weight excluding hydrogens is 435 g/mol. The highest BCUT2D eigenvalue weighted by atomic mass is 19.1. The number of pyridine rings is 1. The SMILES string of the molecule is COc1ccc(C(O)=C2C(=O)C(=O)N(Cc3ccncc3)[C@@H]2c2ccc(C(C)C)cc2)cc1F. The van der Waals surface area contributed by atoms with E-state index in [0.717, 1.165) is 17.2 Å². The molecule has 0 unspecified atom stereocenters. The molecule has 2 heterocycles. The molecule has 4 rings (SSSR count). The largest absolute Gasteiger partial charge is 0.507 e. The average molecular weight is 461 g/mol. The van der Waals surface area contributed by atoms with E-state index in [-0.39, 0.29) is 23.4 Å². The number of likely N-dealkylation sites (tertiary alicyclic amines) is 1. The van der Waals surface area contributed by atoms with Crippen molar-refractivity contribution in [3.63, 3.8) is 0 Å². The highest BCUT2D eigenvalue weighted by Gasteiger charge is 2.46. The lowest BCUT2D eigenvalue weighted by Gasteiger charge is -2.25. The number of carbonyl (C=O) groups excluding carboxylic acids is 2. The van der Waals surface area contributed by atoms with Gasteiger partial charge in [0.25, 0.3) is 11.7 Å². The number of nitrogens with zero attached hydrogens (tertiary/aromatic N) is 2. The summed E-state index contributed by atoms with van der Waals surface area (Å²) < 4.78 is 19.3. The van der Waals surface area contributed by atoms with Crippen LogP contribution in [-0.4, -0.2) is 33.8 Å². The van der Waals surface area contributed by atoms with Gasteiger partial charge in [0.15, 0.2) is 11.6 Å². The summed E-state index contributed by atoms with van der Waals surface area (Å²) in [6.45, 7) is 4.29. The summed E-state index contributed by atoms with van der Waals surface area (Å²) in [6, 6.07) is 14.2. The Kier molecular flexibility index (Phi) is 6.45. The summed E-state index contributed by atoms with van der Waals surface area (Å²) >= 11 is 0. The highest BCUT2D eigenvalue weighted by molar-refractivity contribution is 6.46. The van der Waals surface area contributed by atoms with Crippen molar-refractivity contribution in [1.82, 2.24) is 9.88 Å². The molecule has 1 fully saturated rings. The molecule has 1 aromatic heterocycles. The van der Waals surface area contributed by atoms with Crippen molar-refractivity contribution in [2.75, 3.05) is 7.11 Å². The first kappa shape index (κ1) is 23.2. The Morgan fingerprint density at radius 3 is 2.35 bits per heavy atom. The van der Waals surface area contributed by atoms with Crippen LogP contribution in [0.25, 0.3) is 5.76 Å². The van der Waals surface area contributed by atoms with Crippen LogP contribution in [0.5, 0.6) is 5.75 Å². The molecule has 0 saturated carbocycles. The molecule has 1 aliphatic heterocycles. The van der Waals surface area contributed by atoms with Crippen molar-refractivity contribution in [3.8, 4) is 5.75 Å². The number of methoxy groups -OCH3 is 1. The Bertz CT molecular complexity index is 1250. The zero-order valence-corrected chi connectivity index (χ0v) is 19.2. The third kappa shape index (κ3) is 4.29. The van der Waals surface area contributed by atoms with Gasteiger partial charge >= 0.3 is 0 Å². The molecule has 34 heavy (non-hydrogen) atoms. The summed E-state index contributed by atoms with van der Waals surface area (Å²) in [5.41, 5.74) is 2.57. The number of hydrogen-bond acceptors (Lipinski definition) is 5. The predicted octanol–water partition coefficient (Wildman–Crippen LogP) is 4.97. The van der Waals surface area contributed by atoms with Crippen LogP contribution in [0.15, 0.2) is 72.6 Å². The number of halogens is 1. The van der Waals surface area contributed by atoms with E-state index in [4.69, 9.17) is 4.74 Å². The second-order valence-electron chi connectivity index (χ2n) is 8.45. The van der Waals surface area contributed by atoms with Gasteiger partial charge in [-0.2, -0.15) is 0 Å². The fraction of sp³-hybridized carbons (Fsp3) is 0.222. The van der Waals surface area contributed by atoms with Crippen LogP contribution in [-0.2, 0) is 16.1 Å². The second-order valence-corrected chi connectivity index (χ2v) is 8.45. The normalized spacial score (nSPS) is 17.4. The van der Waals surface area contributed by atoms with E-state index in [1.807, 2.05) is 24.3 Å². The van der Waals surface area contributed by atoms with E-state index in [9.17, 15) is 19.1 Å². The standard InChI is InChI=1S/C27H25FN2O4/c1-16(2)18-4-6-19(7-5-18)24-23(25(31)20-8-9-22(34-3)21(28)14-20)26(32)27(33)30(24)15-17-10-12-29-13-11-17/h4-14,16,24,31H,15H2,1-3H3/t24-/m1/s1. The molecule has 0 radical (unpaired) electrons. The number of ether oxygens (including phenoxy) is 1. The van der Waals surface area contributed by atoms with Crippen molar-refractivity contribution in [2.45, 2.75) is 32.4 Å². The number of ketones is 1. The molecule has 1 atom stereocenters.